The fourth-order valence-electron chi connectivity index (χ4n) is 4.06. The van der Waals surface area contributed by atoms with Gasteiger partial charge in [-0.25, -0.2) is 16.8 Å². The molecule has 2 aliphatic rings. The smallest absolute Gasteiger partial charge is 0.309 e. The lowest BCUT2D eigenvalue weighted by molar-refractivity contribution is -0.163. The van der Waals surface area contributed by atoms with E-state index in [-0.39, 0.29) is 29.5 Å². The zero-order valence-electron chi connectivity index (χ0n) is 18.6. The Morgan fingerprint density at radius 1 is 1.12 bits per heavy atom. The van der Waals surface area contributed by atoms with E-state index in [9.17, 15) is 26.4 Å². The van der Waals surface area contributed by atoms with Crippen LogP contribution < -0.4 is 0 Å². The highest BCUT2D eigenvalue weighted by Crippen LogP contribution is 2.25. The fourth-order valence-corrected chi connectivity index (χ4v) is 7.30. The monoisotopic (exact) mass is 486 g/mol. The average Bonchev–Trinajstić information content (AvgIpc) is 3.12. The highest BCUT2D eigenvalue weighted by atomic mass is 32.2. The molecule has 0 bridgehead atoms. The minimum atomic E-state index is -3.62. The number of likely N-dealkylation sites (N-methyl/N-ethyl adjacent to an activating group) is 1. The van der Waals surface area contributed by atoms with Gasteiger partial charge in [-0.2, -0.15) is 4.31 Å². The Balaban J connectivity index is 1.52. The minimum Gasteiger partial charge on any atom is -0.452 e. The van der Waals surface area contributed by atoms with Gasteiger partial charge in [0.15, 0.2) is 15.9 Å². The standard InChI is InChI=1S/C21H30N2O7S2/c1-15-4-6-19(7-5-15)32(28,29)23-11-8-17(9-12-23)21(25)30-16(2)20(24)22(3)18-10-13-31(26,27)14-18/h4-7,16-18H,8-14H2,1-3H3/t16-,18-/m0/s1. The van der Waals surface area contributed by atoms with Crippen LogP contribution in [0.15, 0.2) is 29.2 Å². The number of rotatable bonds is 6. The van der Waals surface area contributed by atoms with Gasteiger partial charge in [0.1, 0.15) is 0 Å². The molecule has 2 atom stereocenters. The number of aryl methyl sites for hydroxylation is 1. The summed E-state index contributed by atoms with van der Waals surface area (Å²) in [6.45, 7) is 3.74. The molecule has 0 spiro atoms. The zero-order valence-corrected chi connectivity index (χ0v) is 20.2. The van der Waals surface area contributed by atoms with E-state index in [4.69, 9.17) is 4.74 Å². The molecule has 3 rings (SSSR count). The lowest BCUT2D eigenvalue weighted by Gasteiger charge is -2.31. The van der Waals surface area contributed by atoms with Crippen LogP contribution in [0, 0.1) is 12.8 Å². The Morgan fingerprint density at radius 2 is 1.72 bits per heavy atom. The van der Waals surface area contributed by atoms with Crippen LogP contribution in [0.3, 0.4) is 0 Å². The van der Waals surface area contributed by atoms with E-state index in [2.05, 4.69) is 0 Å². The molecule has 178 valence electrons. The lowest BCUT2D eigenvalue weighted by atomic mass is 9.98. The van der Waals surface area contributed by atoms with Gasteiger partial charge < -0.3 is 9.64 Å². The minimum absolute atomic E-state index is 0.0491. The van der Waals surface area contributed by atoms with Crippen LogP contribution in [0.2, 0.25) is 0 Å². The van der Waals surface area contributed by atoms with Crippen molar-refractivity contribution in [1.29, 1.82) is 0 Å². The maximum Gasteiger partial charge on any atom is 0.309 e. The third kappa shape index (κ3) is 5.49. The number of nitrogens with zero attached hydrogens (tertiary/aromatic N) is 2. The summed E-state index contributed by atoms with van der Waals surface area (Å²) in [7, 11) is -5.24. The summed E-state index contributed by atoms with van der Waals surface area (Å²) in [5, 5.41) is 0. The highest BCUT2D eigenvalue weighted by Gasteiger charge is 2.37. The number of carbonyl (C=O) groups is 2. The molecule has 1 amide bonds. The predicted octanol–water partition coefficient (Wildman–Crippen LogP) is 0.973. The largest absolute Gasteiger partial charge is 0.452 e. The van der Waals surface area contributed by atoms with Gasteiger partial charge in [0.05, 0.1) is 22.3 Å². The Kier molecular flexibility index (Phi) is 7.31. The van der Waals surface area contributed by atoms with Gasteiger partial charge in [-0.1, -0.05) is 17.7 Å². The summed E-state index contributed by atoms with van der Waals surface area (Å²) in [6, 6.07) is 6.22. The van der Waals surface area contributed by atoms with E-state index in [1.807, 2.05) is 6.92 Å². The van der Waals surface area contributed by atoms with Crippen LogP contribution in [-0.2, 0) is 34.2 Å². The summed E-state index contributed by atoms with van der Waals surface area (Å²) >= 11 is 0. The Labute approximate surface area is 189 Å². The van der Waals surface area contributed by atoms with Gasteiger partial charge in [-0.3, -0.25) is 9.59 Å². The quantitative estimate of drug-likeness (QED) is 0.550. The van der Waals surface area contributed by atoms with E-state index in [0.717, 1.165) is 5.56 Å². The molecule has 32 heavy (non-hydrogen) atoms. The molecule has 1 aromatic rings. The van der Waals surface area contributed by atoms with Crippen LogP contribution >= 0.6 is 0 Å². The Hall–Kier alpha value is -1.98. The first kappa shape index (κ1) is 24.7. The van der Waals surface area contributed by atoms with Gasteiger partial charge in [0, 0.05) is 26.2 Å². The molecule has 2 fully saturated rings. The molecule has 0 radical (unpaired) electrons. The molecule has 1 aromatic carbocycles. The third-order valence-electron chi connectivity index (χ3n) is 6.19. The van der Waals surface area contributed by atoms with Crippen molar-refractivity contribution in [2.75, 3.05) is 31.6 Å². The van der Waals surface area contributed by atoms with E-state index >= 15 is 0 Å². The number of sulfone groups is 1. The number of amides is 1. The molecule has 2 saturated heterocycles. The second kappa shape index (κ2) is 9.48. The summed E-state index contributed by atoms with van der Waals surface area (Å²) in [6.07, 6.45) is -0.0486. The van der Waals surface area contributed by atoms with Gasteiger partial charge in [-0.05, 0) is 45.2 Å². The fraction of sp³-hybridized carbons (Fsp3) is 0.619. The number of esters is 1. The molecule has 0 saturated carbocycles. The summed E-state index contributed by atoms with van der Waals surface area (Å²) in [5.74, 6) is -1.51. The van der Waals surface area contributed by atoms with Crippen LogP contribution in [0.1, 0.15) is 31.7 Å². The van der Waals surface area contributed by atoms with E-state index in [0.29, 0.717) is 19.3 Å². The van der Waals surface area contributed by atoms with E-state index in [1.165, 1.54) is 23.2 Å². The Morgan fingerprint density at radius 3 is 2.25 bits per heavy atom. The molecule has 11 heteroatoms. The van der Waals surface area contributed by atoms with Crippen LogP contribution in [0.25, 0.3) is 0 Å². The maximum atomic E-state index is 12.8. The Bertz CT molecular complexity index is 1060. The second-order valence-electron chi connectivity index (χ2n) is 8.58. The first-order valence-corrected chi connectivity index (χ1v) is 13.9. The molecule has 2 heterocycles. The first-order valence-electron chi connectivity index (χ1n) is 10.6. The van der Waals surface area contributed by atoms with Gasteiger partial charge in [0.25, 0.3) is 5.91 Å². The van der Waals surface area contributed by atoms with Gasteiger partial charge >= 0.3 is 5.97 Å². The predicted molar refractivity (Wildman–Crippen MR) is 118 cm³/mol. The van der Waals surface area contributed by atoms with Crippen molar-refractivity contribution in [1.82, 2.24) is 9.21 Å². The van der Waals surface area contributed by atoms with Crippen molar-refractivity contribution in [2.24, 2.45) is 5.92 Å². The number of sulfonamides is 1. The number of hydrogen-bond donors (Lipinski definition) is 0. The van der Waals surface area contributed by atoms with Crippen LogP contribution in [0.5, 0.6) is 0 Å². The number of carbonyl (C=O) groups excluding carboxylic acids is 2. The molecular weight excluding hydrogens is 456 g/mol. The summed E-state index contributed by atoms with van der Waals surface area (Å²) < 4.78 is 55.6. The normalized spacial score (nSPS) is 22.9. The first-order chi connectivity index (χ1) is 14.9. The third-order valence-corrected chi connectivity index (χ3v) is 9.85. The second-order valence-corrected chi connectivity index (χ2v) is 12.7. The maximum absolute atomic E-state index is 12.8. The molecule has 2 aliphatic heterocycles. The summed E-state index contributed by atoms with van der Waals surface area (Å²) in [4.78, 5) is 26.7. The number of ether oxygens (including phenoxy) is 1. The van der Waals surface area contributed by atoms with Gasteiger partial charge in [0.2, 0.25) is 10.0 Å². The zero-order chi connectivity index (χ0) is 23.7. The van der Waals surface area contributed by atoms with Crippen LogP contribution in [0.4, 0.5) is 0 Å². The van der Waals surface area contributed by atoms with E-state index < -0.39 is 49.8 Å². The SMILES string of the molecule is Cc1ccc(S(=O)(=O)N2CCC(C(=O)O[C@@H](C)C(=O)N(C)[C@H]3CCS(=O)(=O)C3)CC2)cc1. The molecule has 9 nitrogen and oxygen atoms in total. The average molecular weight is 487 g/mol. The van der Waals surface area contributed by atoms with Crippen molar-refractivity contribution in [3.05, 3.63) is 29.8 Å². The highest BCUT2D eigenvalue weighted by molar-refractivity contribution is 7.91. The number of hydrogen-bond acceptors (Lipinski definition) is 7. The summed E-state index contributed by atoms with van der Waals surface area (Å²) in [5.41, 5.74) is 0.967. The molecule has 0 aliphatic carbocycles. The van der Waals surface area contributed by atoms with Crippen molar-refractivity contribution in [2.45, 2.75) is 50.2 Å². The molecule has 0 unspecified atom stereocenters. The van der Waals surface area contributed by atoms with Crippen molar-refractivity contribution in [3.8, 4) is 0 Å². The van der Waals surface area contributed by atoms with Gasteiger partial charge in [-0.15, -0.1) is 0 Å². The number of benzene rings is 1. The van der Waals surface area contributed by atoms with Crippen molar-refractivity contribution < 1.29 is 31.2 Å². The molecular formula is C21H30N2O7S2. The van der Waals surface area contributed by atoms with Crippen LogP contribution in [-0.4, -0.2) is 81.7 Å². The topological polar surface area (TPSA) is 118 Å². The molecule has 0 aromatic heterocycles. The van der Waals surface area contributed by atoms with Crippen molar-refractivity contribution >= 4 is 31.7 Å². The van der Waals surface area contributed by atoms with E-state index in [1.54, 1.807) is 24.3 Å². The van der Waals surface area contributed by atoms with Crippen molar-refractivity contribution in [3.63, 3.8) is 0 Å². The lowest BCUT2D eigenvalue weighted by Crippen LogP contribution is -2.45. The number of piperidine rings is 1. The molecule has 0 N–H and O–H groups in total.